The third kappa shape index (κ3) is 4.55. The Hall–Kier alpha value is -0.920. The van der Waals surface area contributed by atoms with Gasteiger partial charge in [0.1, 0.15) is 0 Å². The summed E-state index contributed by atoms with van der Waals surface area (Å²) in [5.41, 5.74) is 0. The standard InChI is InChI=1S/C16H26N2O3S2/c1-4-23(20,21)18-9-7-13(8-10-18)16(19)17-15(12(2)3)14-6-5-11-22-14/h5-6,11-13,15H,4,7-10H2,1-3H3,(H,17,19)/t15-/m1/s1. The monoisotopic (exact) mass is 358 g/mol. The van der Waals surface area contributed by atoms with E-state index in [2.05, 4.69) is 19.2 Å². The fourth-order valence-corrected chi connectivity index (χ4v) is 4.97. The average Bonchev–Trinajstić information content (AvgIpc) is 3.06. The van der Waals surface area contributed by atoms with Gasteiger partial charge in [-0.05, 0) is 37.1 Å². The van der Waals surface area contributed by atoms with Crippen molar-refractivity contribution in [1.82, 2.24) is 9.62 Å². The Balaban J connectivity index is 1.94. The molecule has 0 radical (unpaired) electrons. The molecule has 1 aliphatic rings. The Morgan fingerprint density at radius 2 is 2.04 bits per heavy atom. The van der Waals surface area contributed by atoms with Crippen molar-refractivity contribution >= 4 is 27.3 Å². The Kier molecular flexibility index (Phi) is 6.22. The fraction of sp³-hybridized carbons (Fsp3) is 0.688. The van der Waals surface area contributed by atoms with Crippen LogP contribution < -0.4 is 5.32 Å². The molecule has 0 spiro atoms. The SMILES string of the molecule is CCS(=O)(=O)N1CCC(C(=O)N[C@@H](c2cccs2)C(C)C)CC1. The maximum Gasteiger partial charge on any atom is 0.223 e. The molecule has 0 aromatic carbocycles. The largest absolute Gasteiger partial charge is 0.348 e. The number of rotatable bonds is 6. The van der Waals surface area contributed by atoms with E-state index in [1.54, 1.807) is 18.3 Å². The van der Waals surface area contributed by atoms with Crippen LogP contribution >= 0.6 is 11.3 Å². The van der Waals surface area contributed by atoms with E-state index in [0.29, 0.717) is 31.8 Å². The van der Waals surface area contributed by atoms with Crippen molar-refractivity contribution in [3.8, 4) is 0 Å². The molecular formula is C16H26N2O3S2. The van der Waals surface area contributed by atoms with Crippen molar-refractivity contribution in [2.75, 3.05) is 18.8 Å². The number of nitrogens with one attached hydrogen (secondary N) is 1. The molecule has 5 nitrogen and oxygen atoms in total. The molecule has 23 heavy (non-hydrogen) atoms. The lowest BCUT2D eigenvalue weighted by Crippen LogP contribution is -2.44. The molecular weight excluding hydrogens is 332 g/mol. The molecule has 1 saturated heterocycles. The second kappa shape index (κ2) is 7.77. The van der Waals surface area contributed by atoms with Crippen LogP contribution in [0.5, 0.6) is 0 Å². The summed E-state index contributed by atoms with van der Waals surface area (Å²) < 4.78 is 25.3. The van der Waals surface area contributed by atoms with Crippen LogP contribution in [0.4, 0.5) is 0 Å². The van der Waals surface area contributed by atoms with Crippen LogP contribution in [0.1, 0.15) is 44.5 Å². The van der Waals surface area contributed by atoms with Gasteiger partial charge >= 0.3 is 0 Å². The van der Waals surface area contributed by atoms with Crippen LogP contribution in [0.2, 0.25) is 0 Å². The average molecular weight is 359 g/mol. The summed E-state index contributed by atoms with van der Waals surface area (Å²) in [7, 11) is -3.14. The predicted molar refractivity (Wildman–Crippen MR) is 93.8 cm³/mol. The van der Waals surface area contributed by atoms with Crippen molar-refractivity contribution in [1.29, 1.82) is 0 Å². The van der Waals surface area contributed by atoms with Crippen molar-refractivity contribution in [3.05, 3.63) is 22.4 Å². The van der Waals surface area contributed by atoms with Gasteiger partial charge in [-0.2, -0.15) is 0 Å². The van der Waals surface area contributed by atoms with Gasteiger partial charge < -0.3 is 5.32 Å². The number of amides is 1. The Labute approximate surface area is 143 Å². The molecule has 7 heteroatoms. The van der Waals surface area contributed by atoms with Gasteiger partial charge in [-0.25, -0.2) is 12.7 Å². The highest BCUT2D eigenvalue weighted by atomic mass is 32.2. The maximum absolute atomic E-state index is 12.6. The molecule has 0 saturated carbocycles. The quantitative estimate of drug-likeness (QED) is 0.850. The predicted octanol–water partition coefficient (Wildman–Crippen LogP) is 2.62. The van der Waals surface area contributed by atoms with Crippen molar-refractivity contribution in [3.63, 3.8) is 0 Å². The summed E-state index contributed by atoms with van der Waals surface area (Å²) in [6.07, 6.45) is 1.20. The number of hydrogen-bond donors (Lipinski definition) is 1. The van der Waals surface area contributed by atoms with Crippen molar-refractivity contribution < 1.29 is 13.2 Å². The number of hydrogen-bond acceptors (Lipinski definition) is 4. The summed E-state index contributed by atoms with van der Waals surface area (Å²) in [6.45, 7) is 6.74. The van der Waals surface area contributed by atoms with Gasteiger partial charge in [0.15, 0.2) is 0 Å². The Morgan fingerprint density at radius 3 is 2.52 bits per heavy atom. The highest BCUT2D eigenvalue weighted by molar-refractivity contribution is 7.89. The molecule has 1 atom stereocenters. The number of carbonyl (C=O) groups excluding carboxylic acids is 1. The Bertz CT molecular complexity index is 603. The van der Waals surface area contributed by atoms with Gasteiger partial charge in [-0.3, -0.25) is 4.79 Å². The molecule has 1 fully saturated rings. The van der Waals surface area contributed by atoms with Gasteiger partial charge in [0.2, 0.25) is 15.9 Å². The van der Waals surface area contributed by atoms with Gasteiger partial charge in [0.25, 0.3) is 0 Å². The first kappa shape index (κ1) is 18.4. The lowest BCUT2D eigenvalue weighted by molar-refractivity contribution is -0.127. The molecule has 2 rings (SSSR count). The summed E-state index contributed by atoms with van der Waals surface area (Å²) in [4.78, 5) is 13.7. The van der Waals surface area contributed by atoms with Crippen LogP contribution in [-0.2, 0) is 14.8 Å². The molecule has 1 amide bonds. The number of carbonyl (C=O) groups is 1. The number of nitrogens with zero attached hydrogens (tertiary/aromatic N) is 1. The summed E-state index contributed by atoms with van der Waals surface area (Å²) in [5, 5.41) is 5.18. The molecule has 1 aromatic rings. The maximum atomic E-state index is 12.6. The van der Waals surface area contributed by atoms with Crippen LogP contribution in [0.3, 0.4) is 0 Å². The molecule has 1 N–H and O–H groups in total. The molecule has 2 heterocycles. The highest BCUT2D eigenvalue weighted by Crippen LogP contribution is 2.27. The minimum atomic E-state index is -3.14. The van der Waals surface area contributed by atoms with E-state index in [1.807, 2.05) is 17.5 Å². The van der Waals surface area contributed by atoms with E-state index in [9.17, 15) is 13.2 Å². The van der Waals surface area contributed by atoms with E-state index in [4.69, 9.17) is 0 Å². The van der Waals surface area contributed by atoms with Crippen molar-refractivity contribution in [2.24, 2.45) is 11.8 Å². The van der Waals surface area contributed by atoms with Gasteiger partial charge in [-0.15, -0.1) is 11.3 Å². The third-order valence-electron chi connectivity index (χ3n) is 4.40. The number of thiophene rings is 1. The normalized spacial score (nSPS) is 19.0. The van der Waals surface area contributed by atoms with Gasteiger partial charge in [-0.1, -0.05) is 19.9 Å². The van der Waals surface area contributed by atoms with Gasteiger partial charge in [0.05, 0.1) is 11.8 Å². The first-order valence-corrected chi connectivity index (χ1v) is 10.7. The van der Waals surface area contributed by atoms with E-state index in [0.717, 1.165) is 0 Å². The summed E-state index contributed by atoms with van der Waals surface area (Å²) in [6, 6.07) is 4.07. The summed E-state index contributed by atoms with van der Waals surface area (Å²) >= 11 is 1.65. The zero-order chi connectivity index (χ0) is 17.0. The van der Waals surface area contributed by atoms with Crippen molar-refractivity contribution in [2.45, 2.75) is 39.7 Å². The molecule has 0 bridgehead atoms. The van der Waals surface area contributed by atoms with Crippen LogP contribution in [-0.4, -0.2) is 37.5 Å². The number of piperidine rings is 1. The van der Waals surface area contributed by atoms with E-state index < -0.39 is 10.0 Å². The molecule has 1 aliphatic heterocycles. The lowest BCUT2D eigenvalue weighted by Gasteiger charge is -2.31. The first-order valence-electron chi connectivity index (χ1n) is 8.16. The van der Waals surface area contributed by atoms with E-state index in [1.165, 1.54) is 9.18 Å². The Morgan fingerprint density at radius 1 is 1.39 bits per heavy atom. The lowest BCUT2D eigenvalue weighted by atomic mass is 9.95. The topological polar surface area (TPSA) is 66.5 Å². The van der Waals surface area contributed by atoms with E-state index >= 15 is 0 Å². The third-order valence-corrected chi connectivity index (χ3v) is 7.23. The van der Waals surface area contributed by atoms with Gasteiger partial charge in [0, 0.05) is 23.9 Å². The molecule has 1 aromatic heterocycles. The molecule has 0 aliphatic carbocycles. The molecule has 130 valence electrons. The van der Waals surface area contributed by atoms with E-state index in [-0.39, 0.29) is 23.6 Å². The smallest absolute Gasteiger partial charge is 0.223 e. The summed E-state index contributed by atoms with van der Waals surface area (Å²) in [5.74, 6) is 0.390. The zero-order valence-electron chi connectivity index (χ0n) is 14.0. The second-order valence-corrected chi connectivity index (χ2v) is 9.56. The highest BCUT2D eigenvalue weighted by Gasteiger charge is 2.31. The first-order chi connectivity index (χ1) is 10.8. The van der Waals surface area contributed by atoms with Crippen LogP contribution in [0.15, 0.2) is 17.5 Å². The van der Waals surface area contributed by atoms with Crippen LogP contribution in [0, 0.1) is 11.8 Å². The second-order valence-electron chi connectivity index (χ2n) is 6.32. The minimum absolute atomic E-state index is 0.0277. The van der Waals surface area contributed by atoms with Crippen LogP contribution in [0.25, 0.3) is 0 Å². The minimum Gasteiger partial charge on any atom is -0.348 e. The fourth-order valence-electron chi connectivity index (χ4n) is 2.88. The number of sulfonamides is 1. The molecule has 0 unspecified atom stereocenters. The zero-order valence-corrected chi connectivity index (χ0v) is 15.6.